The molecule has 0 saturated heterocycles. The Labute approximate surface area is 158 Å². The maximum Gasteiger partial charge on any atom is 0.229 e. The maximum atomic E-state index is 11.9. The number of rotatable bonds is 4. The number of hydroxylamine groups is 2. The van der Waals surface area contributed by atoms with E-state index in [1.165, 1.54) is 0 Å². The lowest BCUT2D eigenvalue weighted by atomic mass is 10.1. The van der Waals surface area contributed by atoms with E-state index >= 15 is 0 Å². The molecule has 8 nitrogen and oxygen atoms in total. The minimum absolute atomic E-state index is 0.491. The smallest absolute Gasteiger partial charge is 0.229 e. The molecule has 3 heterocycles. The Balaban J connectivity index is 1.86. The quantitative estimate of drug-likeness (QED) is 0.845. The summed E-state index contributed by atoms with van der Waals surface area (Å²) >= 11 is 0. The van der Waals surface area contributed by atoms with Crippen LogP contribution >= 0.6 is 0 Å². The lowest BCUT2D eigenvalue weighted by Gasteiger charge is -2.40. The summed E-state index contributed by atoms with van der Waals surface area (Å²) in [7, 11) is -1.82. The molecule has 0 aliphatic carbocycles. The number of hydrogen-bond acceptors (Lipinski definition) is 7. The summed E-state index contributed by atoms with van der Waals surface area (Å²) in [5.74, 6) is 0.825. The molecule has 0 unspecified atom stereocenters. The molecule has 0 atom stereocenters. The average Bonchev–Trinajstić information content (AvgIpc) is 3.07. The Kier molecular flexibility index (Phi) is 4.20. The van der Waals surface area contributed by atoms with E-state index in [4.69, 9.17) is 4.84 Å². The van der Waals surface area contributed by atoms with E-state index in [-0.39, 0.29) is 0 Å². The highest BCUT2D eigenvalue weighted by atomic mass is 32.2. The van der Waals surface area contributed by atoms with E-state index in [1.54, 1.807) is 18.4 Å². The van der Waals surface area contributed by atoms with Gasteiger partial charge in [0.05, 0.1) is 37.2 Å². The van der Waals surface area contributed by atoms with Crippen LogP contribution in [0, 0.1) is 0 Å². The van der Waals surface area contributed by atoms with Crippen molar-refractivity contribution in [3.8, 4) is 0 Å². The second-order valence-electron chi connectivity index (χ2n) is 6.60. The molecule has 1 N–H and O–H groups in total. The number of nitrogens with one attached hydrogen (secondary N) is 1. The third-order valence-electron chi connectivity index (χ3n) is 4.57. The third kappa shape index (κ3) is 3.19. The summed E-state index contributed by atoms with van der Waals surface area (Å²) in [5, 5.41) is 1.70. The fourth-order valence-electron chi connectivity index (χ4n) is 3.38. The van der Waals surface area contributed by atoms with Crippen molar-refractivity contribution in [3.63, 3.8) is 0 Å². The number of fused-ring (bicyclic) bond motifs is 2. The molecule has 0 amide bonds. The zero-order chi connectivity index (χ0) is 19.2. The lowest BCUT2D eigenvalue weighted by Crippen LogP contribution is -2.44. The van der Waals surface area contributed by atoms with Crippen molar-refractivity contribution in [3.05, 3.63) is 65.0 Å². The van der Waals surface area contributed by atoms with Crippen LogP contribution in [-0.2, 0) is 14.9 Å². The van der Waals surface area contributed by atoms with Crippen molar-refractivity contribution in [1.29, 1.82) is 0 Å². The predicted molar refractivity (Wildman–Crippen MR) is 104 cm³/mol. The number of anilines is 1. The van der Waals surface area contributed by atoms with Gasteiger partial charge in [-0.25, -0.2) is 18.5 Å². The normalized spacial score (nSPS) is 19.4. The topological polar surface area (TPSA) is 77.5 Å². The first-order valence-corrected chi connectivity index (χ1v) is 10.4. The van der Waals surface area contributed by atoms with Crippen LogP contribution in [0.5, 0.6) is 0 Å². The van der Waals surface area contributed by atoms with E-state index in [0.717, 1.165) is 29.0 Å². The highest BCUT2D eigenvalue weighted by Crippen LogP contribution is 2.38. The van der Waals surface area contributed by atoms with Crippen LogP contribution in [0.3, 0.4) is 0 Å². The van der Waals surface area contributed by atoms with Crippen molar-refractivity contribution in [2.45, 2.75) is 6.92 Å². The number of benzene rings is 1. The van der Waals surface area contributed by atoms with Gasteiger partial charge in [0.15, 0.2) is 0 Å². The van der Waals surface area contributed by atoms with Gasteiger partial charge in [-0.2, -0.15) is 0 Å². The number of allylic oxidation sites excluding steroid dienone is 1. The molecular formula is C18H21N5O3S. The van der Waals surface area contributed by atoms with Crippen LogP contribution in [0.1, 0.15) is 6.92 Å². The van der Waals surface area contributed by atoms with Gasteiger partial charge in [0.2, 0.25) is 10.0 Å². The maximum absolute atomic E-state index is 11.9. The first kappa shape index (κ1) is 17.6. The second kappa shape index (κ2) is 6.43. The molecule has 0 bridgehead atoms. The molecule has 27 heavy (non-hydrogen) atoms. The lowest BCUT2D eigenvalue weighted by molar-refractivity contribution is -0.0951. The van der Waals surface area contributed by atoms with Gasteiger partial charge in [0.25, 0.3) is 0 Å². The van der Waals surface area contributed by atoms with Crippen molar-refractivity contribution in [2.24, 2.45) is 4.99 Å². The highest BCUT2D eigenvalue weighted by Gasteiger charge is 2.37. The summed E-state index contributed by atoms with van der Waals surface area (Å²) in [6.07, 6.45) is 4.74. The van der Waals surface area contributed by atoms with Gasteiger partial charge < -0.3 is 9.80 Å². The molecular weight excluding hydrogens is 366 g/mol. The summed E-state index contributed by atoms with van der Waals surface area (Å²) in [6.45, 7) is 2.96. The molecule has 1 aromatic rings. The minimum Gasteiger partial charge on any atom is -0.322 e. The SMILES string of the molecule is CON1C=C2C=NC3=C(N2C1)N(c1ccccc1)CC(C)=C3NS(C)(=O)=O. The Morgan fingerprint density at radius 1 is 1.19 bits per heavy atom. The van der Waals surface area contributed by atoms with E-state index in [2.05, 4.69) is 19.5 Å². The van der Waals surface area contributed by atoms with Crippen molar-refractivity contribution >= 4 is 21.9 Å². The number of hydrogen-bond donors (Lipinski definition) is 1. The second-order valence-corrected chi connectivity index (χ2v) is 8.35. The summed E-state index contributed by atoms with van der Waals surface area (Å²) in [6, 6.07) is 9.98. The number of nitrogens with zero attached hydrogens (tertiary/aromatic N) is 4. The molecule has 9 heteroatoms. The van der Waals surface area contributed by atoms with E-state index < -0.39 is 10.0 Å². The standard InChI is InChI=1S/C18H21N5O3S/c1-13-10-22(14-7-5-4-6-8-14)18-17(16(13)20-27(3,24)25)19-9-15-11-21(26-2)12-23(15)18/h4-9,11,20H,10,12H2,1-3H3. The molecule has 3 aliphatic heterocycles. The number of para-hydroxylation sites is 1. The average molecular weight is 387 g/mol. The van der Waals surface area contributed by atoms with Gasteiger partial charge in [0, 0.05) is 12.2 Å². The van der Waals surface area contributed by atoms with E-state index in [9.17, 15) is 8.42 Å². The molecule has 0 fully saturated rings. The van der Waals surface area contributed by atoms with Crippen molar-refractivity contribution < 1.29 is 13.3 Å². The number of aliphatic imine (C=N–C) groups is 1. The van der Waals surface area contributed by atoms with Crippen LogP contribution in [0.15, 0.2) is 70.0 Å². The Morgan fingerprint density at radius 2 is 1.93 bits per heavy atom. The molecule has 0 saturated carbocycles. The minimum atomic E-state index is -3.43. The van der Waals surface area contributed by atoms with E-state index in [0.29, 0.717) is 24.6 Å². The van der Waals surface area contributed by atoms with Crippen LogP contribution in [-0.4, -0.2) is 51.2 Å². The van der Waals surface area contributed by atoms with Crippen LogP contribution in [0.4, 0.5) is 5.69 Å². The largest absolute Gasteiger partial charge is 0.322 e. The zero-order valence-electron chi connectivity index (χ0n) is 15.4. The van der Waals surface area contributed by atoms with E-state index in [1.807, 2.05) is 43.5 Å². The van der Waals surface area contributed by atoms with Gasteiger partial charge in [-0.05, 0) is 24.6 Å². The summed E-state index contributed by atoms with van der Waals surface area (Å²) < 4.78 is 26.5. The third-order valence-corrected chi connectivity index (χ3v) is 5.14. The molecule has 4 rings (SSSR count). The molecule has 3 aliphatic rings. The van der Waals surface area contributed by atoms with Gasteiger partial charge in [-0.3, -0.25) is 9.56 Å². The van der Waals surface area contributed by atoms with Crippen LogP contribution in [0.2, 0.25) is 0 Å². The Bertz CT molecular complexity index is 995. The first-order chi connectivity index (χ1) is 12.9. The first-order valence-electron chi connectivity index (χ1n) is 8.46. The predicted octanol–water partition coefficient (Wildman–Crippen LogP) is 1.56. The molecule has 142 valence electrons. The molecule has 0 radical (unpaired) electrons. The van der Waals surface area contributed by atoms with Crippen LogP contribution < -0.4 is 9.62 Å². The van der Waals surface area contributed by atoms with Gasteiger partial charge in [-0.15, -0.1) is 0 Å². The molecule has 0 spiro atoms. The zero-order valence-corrected chi connectivity index (χ0v) is 16.2. The van der Waals surface area contributed by atoms with Crippen molar-refractivity contribution in [1.82, 2.24) is 14.7 Å². The Morgan fingerprint density at radius 3 is 2.59 bits per heavy atom. The molecule has 0 aromatic heterocycles. The van der Waals surface area contributed by atoms with Gasteiger partial charge in [0.1, 0.15) is 18.2 Å². The fraction of sp³-hybridized carbons (Fsp3) is 0.278. The van der Waals surface area contributed by atoms with Gasteiger partial charge >= 0.3 is 0 Å². The number of sulfonamides is 1. The monoisotopic (exact) mass is 387 g/mol. The Hall–Kier alpha value is -2.78. The van der Waals surface area contributed by atoms with Gasteiger partial charge in [-0.1, -0.05) is 18.2 Å². The highest BCUT2D eigenvalue weighted by molar-refractivity contribution is 7.88. The van der Waals surface area contributed by atoms with Crippen molar-refractivity contribution in [2.75, 3.05) is 31.5 Å². The summed E-state index contributed by atoms with van der Waals surface area (Å²) in [4.78, 5) is 14.1. The van der Waals surface area contributed by atoms with Crippen LogP contribution in [0.25, 0.3) is 0 Å². The molecule has 1 aromatic carbocycles. The fourth-order valence-corrected chi connectivity index (χ4v) is 4.03. The summed E-state index contributed by atoms with van der Waals surface area (Å²) in [5.41, 5.74) is 3.93.